The van der Waals surface area contributed by atoms with Crippen molar-refractivity contribution in [2.75, 3.05) is 44.2 Å². The number of anilines is 1. The van der Waals surface area contributed by atoms with Gasteiger partial charge in [-0.2, -0.15) is 0 Å². The van der Waals surface area contributed by atoms with Crippen LogP contribution in [0.1, 0.15) is 36.3 Å². The fraction of sp³-hybridized carbons (Fsp3) is 0.542. The van der Waals surface area contributed by atoms with Gasteiger partial charge in [-0.05, 0) is 57.7 Å². The molecule has 2 aromatic rings. The second kappa shape index (κ2) is 10.1. The molecule has 1 aliphatic carbocycles. The number of hydrogen-bond acceptors (Lipinski definition) is 5. The van der Waals surface area contributed by atoms with Crippen molar-refractivity contribution in [1.82, 2.24) is 20.2 Å². The van der Waals surface area contributed by atoms with Crippen LogP contribution in [0.25, 0.3) is 0 Å². The number of aryl methyl sites for hydroxylation is 2. The lowest BCUT2D eigenvalue weighted by Crippen LogP contribution is -2.47. The second-order valence-corrected chi connectivity index (χ2v) is 8.66. The number of aromatic nitrogens is 2. The maximum atomic E-state index is 12.7. The summed E-state index contributed by atoms with van der Waals surface area (Å²) >= 11 is 0. The van der Waals surface area contributed by atoms with Gasteiger partial charge in [-0.25, -0.2) is 4.98 Å². The van der Waals surface area contributed by atoms with Gasteiger partial charge in [-0.15, -0.1) is 0 Å². The van der Waals surface area contributed by atoms with Gasteiger partial charge >= 0.3 is 0 Å². The Hall–Kier alpha value is -2.67. The quantitative estimate of drug-likeness (QED) is 0.548. The highest BCUT2D eigenvalue weighted by Gasteiger charge is 2.24. The van der Waals surface area contributed by atoms with Gasteiger partial charge in [0.1, 0.15) is 5.82 Å². The molecule has 1 aliphatic heterocycles. The zero-order valence-electron chi connectivity index (χ0n) is 18.4. The summed E-state index contributed by atoms with van der Waals surface area (Å²) in [6.07, 6.45) is 3.76. The van der Waals surface area contributed by atoms with Crippen LogP contribution in [0.3, 0.4) is 0 Å². The summed E-state index contributed by atoms with van der Waals surface area (Å²) in [5, 5.41) is 3.12. The molecule has 7 nitrogen and oxygen atoms in total. The molecular formula is C24H33N5O2. The number of piperazine rings is 1. The van der Waals surface area contributed by atoms with Crippen LogP contribution in [0, 0.1) is 12.8 Å². The van der Waals surface area contributed by atoms with E-state index in [0.29, 0.717) is 31.6 Å². The van der Waals surface area contributed by atoms with Gasteiger partial charge in [0.05, 0.1) is 5.69 Å². The van der Waals surface area contributed by atoms with E-state index >= 15 is 0 Å². The number of amides is 1. The van der Waals surface area contributed by atoms with E-state index in [9.17, 15) is 9.59 Å². The van der Waals surface area contributed by atoms with E-state index in [1.807, 2.05) is 0 Å². The first kappa shape index (κ1) is 21.6. The number of H-pyrrole nitrogens is 1. The summed E-state index contributed by atoms with van der Waals surface area (Å²) in [5.74, 6) is 0.731. The molecule has 0 spiro atoms. The molecule has 1 fully saturated rings. The number of hydrogen-bond donors (Lipinski definition) is 2. The van der Waals surface area contributed by atoms with Crippen molar-refractivity contribution in [3.05, 3.63) is 57.8 Å². The maximum Gasteiger partial charge on any atom is 0.254 e. The van der Waals surface area contributed by atoms with Crippen LogP contribution in [-0.2, 0) is 17.6 Å². The van der Waals surface area contributed by atoms with Crippen LogP contribution < -0.4 is 15.8 Å². The van der Waals surface area contributed by atoms with E-state index in [1.54, 1.807) is 6.92 Å². The van der Waals surface area contributed by atoms with Gasteiger partial charge in [0.2, 0.25) is 5.91 Å². The van der Waals surface area contributed by atoms with Gasteiger partial charge in [0, 0.05) is 49.9 Å². The Bertz CT molecular complexity index is 935. The van der Waals surface area contributed by atoms with Gasteiger partial charge in [0.25, 0.3) is 5.56 Å². The minimum atomic E-state index is -0.0454. The standard InChI is InChI=1S/C24H33N5O2/c1-18-26-22-11-9-19(8-10-21(22)24(31)27-18)23(30)25-12-5-13-28-14-16-29(17-15-28)20-6-3-2-4-7-20/h2-4,6-7,19H,5,8-17H2,1H3,(H,25,30)(H,26,27,31). The van der Waals surface area contributed by atoms with Crippen molar-refractivity contribution >= 4 is 11.6 Å². The number of carbonyl (C=O) groups excluding carboxylic acids is 1. The number of fused-ring (bicyclic) bond motifs is 1. The molecule has 1 atom stereocenters. The summed E-state index contributed by atoms with van der Waals surface area (Å²) in [4.78, 5) is 37.0. The van der Waals surface area contributed by atoms with Crippen molar-refractivity contribution in [2.45, 2.75) is 39.0 Å². The lowest BCUT2D eigenvalue weighted by molar-refractivity contribution is -0.125. The van der Waals surface area contributed by atoms with Crippen molar-refractivity contribution in [1.29, 1.82) is 0 Å². The first-order valence-electron chi connectivity index (χ1n) is 11.5. The van der Waals surface area contributed by atoms with Gasteiger partial charge < -0.3 is 15.2 Å². The van der Waals surface area contributed by atoms with Crippen LogP contribution in [0.4, 0.5) is 5.69 Å². The zero-order valence-corrected chi connectivity index (χ0v) is 18.4. The predicted molar refractivity (Wildman–Crippen MR) is 122 cm³/mol. The molecule has 166 valence electrons. The largest absolute Gasteiger partial charge is 0.369 e. The molecule has 7 heteroatoms. The van der Waals surface area contributed by atoms with Crippen LogP contribution in [0.15, 0.2) is 35.1 Å². The lowest BCUT2D eigenvalue weighted by Gasteiger charge is -2.36. The molecule has 1 unspecified atom stereocenters. The third-order valence-corrected chi connectivity index (χ3v) is 6.51. The van der Waals surface area contributed by atoms with Crippen molar-refractivity contribution in [3.63, 3.8) is 0 Å². The average molecular weight is 424 g/mol. The summed E-state index contributed by atoms with van der Waals surface area (Å²) < 4.78 is 0. The Morgan fingerprint density at radius 1 is 1.13 bits per heavy atom. The van der Waals surface area contributed by atoms with E-state index in [1.165, 1.54) is 5.69 Å². The third-order valence-electron chi connectivity index (χ3n) is 6.51. The zero-order chi connectivity index (χ0) is 21.6. The second-order valence-electron chi connectivity index (χ2n) is 8.66. The molecule has 0 saturated carbocycles. The monoisotopic (exact) mass is 423 g/mol. The SMILES string of the molecule is Cc1nc2c(c(=O)[nH]1)CCC(C(=O)NCCCN1CCN(c3ccccc3)CC1)CC2. The third kappa shape index (κ3) is 5.53. The lowest BCUT2D eigenvalue weighted by atomic mass is 9.99. The number of nitrogens with one attached hydrogen (secondary N) is 2. The molecule has 1 aromatic heterocycles. The number of rotatable bonds is 6. The summed E-state index contributed by atoms with van der Waals surface area (Å²) in [6, 6.07) is 10.6. The maximum absolute atomic E-state index is 12.7. The van der Waals surface area contributed by atoms with Gasteiger partial charge in [-0.3, -0.25) is 14.5 Å². The highest BCUT2D eigenvalue weighted by Crippen LogP contribution is 2.21. The Labute approximate surface area is 183 Å². The molecule has 4 rings (SSSR count). The fourth-order valence-electron chi connectivity index (χ4n) is 4.70. The highest BCUT2D eigenvalue weighted by molar-refractivity contribution is 5.78. The smallest absolute Gasteiger partial charge is 0.254 e. The predicted octanol–water partition coefficient (Wildman–Crippen LogP) is 1.90. The summed E-state index contributed by atoms with van der Waals surface area (Å²) in [6.45, 7) is 7.74. The first-order valence-corrected chi connectivity index (χ1v) is 11.5. The van der Waals surface area contributed by atoms with Crippen LogP contribution >= 0.6 is 0 Å². The molecule has 0 bridgehead atoms. The Balaban J connectivity index is 1.16. The Morgan fingerprint density at radius 3 is 2.65 bits per heavy atom. The van der Waals surface area contributed by atoms with E-state index < -0.39 is 0 Å². The topological polar surface area (TPSA) is 81.3 Å². The van der Waals surface area contributed by atoms with Gasteiger partial charge in [-0.1, -0.05) is 18.2 Å². The van der Waals surface area contributed by atoms with E-state index in [2.05, 4.69) is 55.4 Å². The molecule has 2 aliphatic rings. The number of carbonyl (C=O) groups is 1. The molecule has 2 heterocycles. The molecular weight excluding hydrogens is 390 g/mol. The first-order chi connectivity index (χ1) is 15.1. The molecule has 0 radical (unpaired) electrons. The molecule has 1 saturated heterocycles. The number of para-hydroxylation sites is 1. The average Bonchev–Trinajstić information content (AvgIpc) is 3.00. The minimum absolute atomic E-state index is 0.0386. The normalized spacial score (nSPS) is 19.5. The van der Waals surface area contributed by atoms with Crippen molar-refractivity contribution in [2.24, 2.45) is 5.92 Å². The highest BCUT2D eigenvalue weighted by atomic mass is 16.2. The van der Waals surface area contributed by atoms with Crippen molar-refractivity contribution in [3.8, 4) is 0 Å². The number of nitrogens with zero attached hydrogens (tertiary/aromatic N) is 3. The Morgan fingerprint density at radius 2 is 1.87 bits per heavy atom. The molecule has 31 heavy (non-hydrogen) atoms. The number of benzene rings is 1. The molecule has 1 amide bonds. The molecule has 2 N–H and O–H groups in total. The molecule has 1 aromatic carbocycles. The van der Waals surface area contributed by atoms with E-state index in [-0.39, 0.29) is 17.4 Å². The van der Waals surface area contributed by atoms with Crippen LogP contribution in [-0.4, -0.2) is 60.0 Å². The number of aromatic amines is 1. The Kier molecular flexibility index (Phi) is 7.02. The van der Waals surface area contributed by atoms with E-state index in [4.69, 9.17) is 0 Å². The van der Waals surface area contributed by atoms with Crippen molar-refractivity contribution < 1.29 is 4.79 Å². The van der Waals surface area contributed by atoms with Gasteiger partial charge in [0.15, 0.2) is 0 Å². The fourth-order valence-corrected chi connectivity index (χ4v) is 4.70. The van der Waals surface area contributed by atoms with Crippen LogP contribution in [0.2, 0.25) is 0 Å². The summed E-state index contributed by atoms with van der Waals surface area (Å²) in [7, 11) is 0. The summed E-state index contributed by atoms with van der Waals surface area (Å²) in [5.41, 5.74) is 2.88. The van der Waals surface area contributed by atoms with Crippen LogP contribution in [0.5, 0.6) is 0 Å². The van der Waals surface area contributed by atoms with E-state index in [0.717, 1.165) is 56.8 Å². The minimum Gasteiger partial charge on any atom is -0.369 e.